The van der Waals surface area contributed by atoms with E-state index in [-0.39, 0.29) is 5.92 Å². The molecule has 0 aliphatic heterocycles. The number of halogens is 1. The van der Waals surface area contributed by atoms with E-state index in [1.54, 1.807) is 6.08 Å². The van der Waals surface area contributed by atoms with Gasteiger partial charge in [0.05, 0.1) is 6.07 Å². The lowest BCUT2D eigenvalue weighted by Gasteiger charge is -2.19. The summed E-state index contributed by atoms with van der Waals surface area (Å²) in [4.78, 5) is -0.700. The first-order valence-electron chi connectivity index (χ1n) is 4.32. The molecule has 0 aromatic carbocycles. The minimum Gasteiger partial charge on any atom is -0.196 e. The summed E-state index contributed by atoms with van der Waals surface area (Å²) in [6, 6.07) is 2.20. The summed E-state index contributed by atoms with van der Waals surface area (Å²) in [5.74, 6) is 0.460. The van der Waals surface area contributed by atoms with Gasteiger partial charge in [-0.05, 0) is 6.42 Å². The highest BCUT2D eigenvalue weighted by molar-refractivity contribution is 6.27. The van der Waals surface area contributed by atoms with Crippen molar-refractivity contribution in [3.8, 4) is 6.07 Å². The maximum Gasteiger partial charge on any atom is 0.141 e. The van der Waals surface area contributed by atoms with Gasteiger partial charge < -0.3 is 0 Å². The van der Waals surface area contributed by atoms with Crippen LogP contribution in [0.2, 0.25) is 0 Å². The fraction of sp³-hybridized carbons (Fsp3) is 0.364. The van der Waals surface area contributed by atoms with Crippen molar-refractivity contribution in [2.45, 2.75) is 11.3 Å². The number of hydrogen-bond acceptors (Lipinski definition) is 1. The van der Waals surface area contributed by atoms with Crippen LogP contribution in [0.15, 0.2) is 36.5 Å². The van der Waals surface area contributed by atoms with Crippen LogP contribution in [0.4, 0.5) is 0 Å². The molecule has 1 nitrogen and oxygen atoms in total. The van der Waals surface area contributed by atoms with E-state index < -0.39 is 4.87 Å². The van der Waals surface area contributed by atoms with Crippen molar-refractivity contribution in [3.05, 3.63) is 36.5 Å². The molecule has 0 amide bonds. The van der Waals surface area contributed by atoms with Crippen LogP contribution in [0.1, 0.15) is 6.42 Å². The Morgan fingerprint density at radius 1 is 1.69 bits per heavy atom. The van der Waals surface area contributed by atoms with Crippen molar-refractivity contribution < 1.29 is 0 Å². The lowest BCUT2D eigenvalue weighted by molar-refractivity contribution is 0.610. The van der Waals surface area contributed by atoms with Crippen molar-refractivity contribution in [1.29, 1.82) is 5.26 Å². The third-order valence-corrected chi connectivity index (χ3v) is 3.30. The molecule has 0 aromatic rings. The van der Waals surface area contributed by atoms with Crippen LogP contribution in [-0.4, -0.2) is 4.87 Å². The topological polar surface area (TPSA) is 23.8 Å². The first kappa shape index (κ1) is 8.59. The summed E-state index contributed by atoms with van der Waals surface area (Å²) in [5.41, 5.74) is 1.24. The first-order chi connectivity index (χ1) is 6.21. The number of hydrogen-bond donors (Lipinski definition) is 0. The Balaban J connectivity index is 2.41. The fourth-order valence-corrected chi connectivity index (χ4v) is 2.59. The van der Waals surface area contributed by atoms with Crippen molar-refractivity contribution in [2.24, 2.45) is 11.8 Å². The maximum atomic E-state index is 8.96. The number of allylic oxidation sites excluding steroid dienone is 5. The summed E-state index contributed by atoms with van der Waals surface area (Å²) in [6.07, 6.45) is 8.67. The Kier molecular flexibility index (Phi) is 1.82. The molecular weight excluding hydrogens is 182 g/mol. The van der Waals surface area contributed by atoms with Gasteiger partial charge in [-0.15, -0.1) is 11.6 Å². The average molecular weight is 192 g/mol. The highest BCUT2D eigenvalue weighted by Crippen LogP contribution is 2.53. The van der Waals surface area contributed by atoms with E-state index in [4.69, 9.17) is 16.9 Å². The molecule has 2 aliphatic rings. The Bertz CT molecular complexity index is 348. The Hall–Kier alpha value is -1.00. The van der Waals surface area contributed by atoms with Crippen molar-refractivity contribution in [2.75, 3.05) is 0 Å². The molecule has 0 aromatic heterocycles. The van der Waals surface area contributed by atoms with Gasteiger partial charge in [0, 0.05) is 11.8 Å². The monoisotopic (exact) mass is 191 g/mol. The largest absolute Gasteiger partial charge is 0.196 e. The van der Waals surface area contributed by atoms with Gasteiger partial charge in [0.15, 0.2) is 0 Å². The summed E-state index contributed by atoms with van der Waals surface area (Å²) in [6.45, 7) is 3.66. The SMILES string of the molecule is C=CC=C1C2C=CC1C(Cl)(C#N)C2. The Morgan fingerprint density at radius 3 is 3.00 bits per heavy atom. The molecule has 2 bridgehead atoms. The normalized spacial score (nSPS) is 43.8. The maximum absolute atomic E-state index is 8.96. The predicted octanol–water partition coefficient (Wildman–Crippen LogP) is 2.81. The zero-order chi connectivity index (χ0) is 9.47. The van der Waals surface area contributed by atoms with Gasteiger partial charge in [-0.2, -0.15) is 5.26 Å². The van der Waals surface area contributed by atoms with E-state index in [9.17, 15) is 0 Å². The lowest BCUT2D eigenvalue weighted by Crippen LogP contribution is -2.24. The van der Waals surface area contributed by atoms with Gasteiger partial charge in [0.25, 0.3) is 0 Å². The molecule has 0 heterocycles. The number of nitrogens with zero attached hydrogens (tertiary/aromatic N) is 1. The van der Waals surface area contributed by atoms with Crippen LogP contribution >= 0.6 is 11.6 Å². The molecule has 2 heteroatoms. The van der Waals surface area contributed by atoms with E-state index >= 15 is 0 Å². The summed E-state index contributed by atoms with van der Waals surface area (Å²) >= 11 is 6.19. The third kappa shape index (κ3) is 1.06. The van der Waals surface area contributed by atoms with Crippen LogP contribution in [0.5, 0.6) is 0 Å². The second-order valence-electron chi connectivity index (χ2n) is 3.55. The minimum atomic E-state index is -0.700. The van der Waals surface area contributed by atoms with Crippen molar-refractivity contribution in [3.63, 3.8) is 0 Å². The van der Waals surface area contributed by atoms with Crippen LogP contribution in [-0.2, 0) is 0 Å². The molecule has 1 saturated carbocycles. The molecule has 3 atom stereocenters. The zero-order valence-corrected chi connectivity index (χ0v) is 7.96. The van der Waals surface area contributed by atoms with Gasteiger partial charge in [-0.1, -0.05) is 36.5 Å². The molecule has 13 heavy (non-hydrogen) atoms. The van der Waals surface area contributed by atoms with Crippen LogP contribution in [0.25, 0.3) is 0 Å². The molecule has 0 radical (unpaired) electrons. The Morgan fingerprint density at radius 2 is 2.46 bits per heavy atom. The van der Waals surface area contributed by atoms with E-state index in [0.717, 1.165) is 6.42 Å². The fourth-order valence-electron chi connectivity index (χ4n) is 2.23. The van der Waals surface area contributed by atoms with Gasteiger partial charge in [-0.3, -0.25) is 0 Å². The molecule has 2 rings (SSSR count). The predicted molar refractivity (Wildman–Crippen MR) is 53.2 cm³/mol. The van der Waals surface area contributed by atoms with Gasteiger partial charge in [0.2, 0.25) is 0 Å². The zero-order valence-electron chi connectivity index (χ0n) is 7.20. The minimum absolute atomic E-state index is 0.0992. The quantitative estimate of drug-likeness (QED) is 0.462. The van der Waals surface area contributed by atoms with Crippen LogP contribution < -0.4 is 0 Å². The van der Waals surface area contributed by atoms with E-state index in [1.807, 2.05) is 12.2 Å². The van der Waals surface area contributed by atoms with E-state index in [0.29, 0.717) is 5.92 Å². The molecule has 0 spiro atoms. The second kappa shape index (κ2) is 2.75. The van der Waals surface area contributed by atoms with Crippen molar-refractivity contribution >= 4 is 11.6 Å². The highest BCUT2D eigenvalue weighted by atomic mass is 35.5. The molecule has 2 aliphatic carbocycles. The average Bonchev–Trinajstić information content (AvgIpc) is 2.61. The van der Waals surface area contributed by atoms with E-state index in [1.165, 1.54) is 5.57 Å². The highest BCUT2D eigenvalue weighted by Gasteiger charge is 2.50. The first-order valence-corrected chi connectivity index (χ1v) is 4.70. The molecule has 0 saturated heterocycles. The summed E-state index contributed by atoms with van der Waals surface area (Å²) in [7, 11) is 0. The van der Waals surface area contributed by atoms with Crippen LogP contribution in [0, 0.1) is 23.2 Å². The van der Waals surface area contributed by atoms with Gasteiger partial charge >= 0.3 is 0 Å². The summed E-state index contributed by atoms with van der Waals surface area (Å²) in [5, 5.41) is 8.96. The number of alkyl halides is 1. The Labute approximate surface area is 83.0 Å². The second-order valence-corrected chi connectivity index (χ2v) is 4.22. The van der Waals surface area contributed by atoms with E-state index in [2.05, 4.69) is 18.7 Å². The third-order valence-electron chi connectivity index (χ3n) is 2.83. The number of rotatable bonds is 1. The molecular formula is C11H10ClN. The molecule has 3 unspecified atom stereocenters. The molecule has 66 valence electrons. The molecule has 0 N–H and O–H groups in total. The number of fused-ring (bicyclic) bond motifs is 2. The number of nitriles is 1. The van der Waals surface area contributed by atoms with Crippen molar-refractivity contribution in [1.82, 2.24) is 0 Å². The lowest BCUT2D eigenvalue weighted by atomic mass is 9.93. The molecule has 1 fully saturated rings. The van der Waals surface area contributed by atoms with Gasteiger partial charge in [0.1, 0.15) is 4.87 Å². The summed E-state index contributed by atoms with van der Waals surface area (Å²) < 4.78 is 0. The van der Waals surface area contributed by atoms with Gasteiger partial charge in [-0.25, -0.2) is 0 Å². The van der Waals surface area contributed by atoms with Crippen LogP contribution in [0.3, 0.4) is 0 Å². The smallest absolute Gasteiger partial charge is 0.141 e. The standard InChI is InChI=1S/C11H10ClN/c1-2-3-9-8-4-5-10(9)11(12,6-8)7-13/h2-5,8,10H,1,6H2.